The van der Waals surface area contributed by atoms with E-state index in [1.54, 1.807) is 25.1 Å². The maximum Gasteiger partial charge on any atom is 0.435 e. The molecular weight excluding hydrogens is 505 g/mol. The lowest BCUT2D eigenvalue weighted by Gasteiger charge is -2.27. The smallest absolute Gasteiger partial charge is 0.435 e. The van der Waals surface area contributed by atoms with Gasteiger partial charge >= 0.3 is 6.18 Å². The first-order valence-electron chi connectivity index (χ1n) is 12.5. The van der Waals surface area contributed by atoms with Crippen LogP contribution >= 0.6 is 0 Å². The fourth-order valence-corrected chi connectivity index (χ4v) is 4.78. The largest absolute Gasteiger partial charge is 0.485 e. The molecule has 0 radical (unpaired) electrons. The highest BCUT2D eigenvalue weighted by Gasteiger charge is 2.37. The standard InChI is InChI=1S/C27H25F3N2O.C3H4.CH2O2/c1-3-6-17-11-13-23-20(15-17)12-14-24(33-23)19-8-4-7-18(16-19)21-9-5-10-22-25(21)26(27(28,29)30)31-32(22)2;1-3-2;2-1-3/h4-5,7-11,13,15-16,24H,3,6,12,14H2,1-2H3;1H,2H3;1H,(H,2,3). The summed E-state index contributed by atoms with van der Waals surface area (Å²) in [6.45, 7) is 3.57. The van der Waals surface area contributed by atoms with Crippen LogP contribution in [0.1, 0.15) is 55.2 Å². The van der Waals surface area contributed by atoms with E-state index in [0.29, 0.717) is 11.1 Å². The maximum atomic E-state index is 13.7. The molecule has 1 N–H and O–H groups in total. The summed E-state index contributed by atoms with van der Waals surface area (Å²) in [7, 11) is 1.54. The molecule has 5 rings (SSSR count). The van der Waals surface area contributed by atoms with Crippen LogP contribution in [0.3, 0.4) is 0 Å². The number of ether oxygens (including phenoxy) is 1. The van der Waals surface area contributed by atoms with Gasteiger partial charge < -0.3 is 9.84 Å². The van der Waals surface area contributed by atoms with Crippen LogP contribution in [0.5, 0.6) is 5.75 Å². The molecule has 0 amide bonds. The lowest BCUT2D eigenvalue weighted by atomic mass is 9.93. The average Bonchev–Trinajstić information content (AvgIpc) is 3.27. The molecule has 0 saturated carbocycles. The first-order valence-corrected chi connectivity index (χ1v) is 12.5. The number of hydrogen-bond acceptors (Lipinski definition) is 3. The summed E-state index contributed by atoms with van der Waals surface area (Å²) in [4.78, 5) is 8.36. The SMILES string of the molecule is C#CC.CCCc1ccc2c(c1)CCC(c1cccc(-c3cccc4c3c(C(F)(F)F)nn4C)c1)O2.O=CO. The number of rotatable bonds is 4. The number of carboxylic acid groups (broad SMARTS) is 1. The summed E-state index contributed by atoms with van der Waals surface area (Å²) in [5.41, 5.74) is 4.36. The van der Waals surface area contributed by atoms with Crippen molar-refractivity contribution in [2.75, 3.05) is 0 Å². The van der Waals surface area contributed by atoms with Gasteiger partial charge in [-0.25, -0.2) is 0 Å². The highest BCUT2D eigenvalue weighted by atomic mass is 19.4. The first kappa shape index (κ1) is 29.3. The molecule has 5 nitrogen and oxygen atoms in total. The average molecular weight is 537 g/mol. The van der Waals surface area contributed by atoms with Crippen LogP contribution < -0.4 is 4.74 Å². The third-order valence-electron chi connectivity index (χ3n) is 6.32. The number of aromatic nitrogens is 2. The van der Waals surface area contributed by atoms with Gasteiger partial charge in [-0.15, -0.1) is 12.3 Å². The molecule has 0 fully saturated rings. The molecule has 204 valence electrons. The van der Waals surface area contributed by atoms with Gasteiger partial charge in [0, 0.05) is 12.4 Å². The predicted molar refractivity (Wildman–Crippen MR) is 146 cm³/mol. The maximum absolute atomic E-state index is 13.7. The van der Waals surface area contributed by atoms with E-state index in [0.717, 1.165) is 42.6 Å². The molecule has 2 heterocycles. The van der Waals surface area contributed by atoms with Gasteiger partial charge in [0.25, 0.3) is 6.47 Å². The van der Waals surface area contributed by atoms with Crippen LogP contribution in [-0.2, 0) is 30.9 Å². The van der Waals surface area contributed by atoms with Gasteiger partial charge in [0.15, 0.2) is 5.69 Å². The number of alkyl halides is 3. The van der Waals surface area contributed by atoms with Crippen LogP contribution in [0.4, 0.5) is 13.2 Å². The van der Waals surface area contributed by atoms with E-state index in [1.807, 2.05) is 30.3 Å². The summed E-state index contributed by atoms with van der Waals surface area (Å²) >= 11 is 0. The number of fused-ring (bicyclic) bond motifs is 2. The lowest BCUT2D eigenvalue weighted by molar-refractivity contribution is -0.140. The van der Waals surface area contributed by atoms with Crippen LogP contribution in [-0.4, -0.2) is 21.4 Å². The van der Waals surface area contributed by atoms with E-state index >= 15 is 0 Å². The summed E-state index contributed by atoms with van der Waals surface area (Å²) in [6.07, 6.45) is 3.84. The van der Waals surface area contributed by atoms with Gasteiger partial charge in [-0.2, -0.15) is 18.3 Å². The van der Waals surface area contributed by atoms with E-state index in [-0.39, 0.29) is 18.0 Å². The number of aryl methyl sites for hydroxylation is 3. The number of benzene rings is 3. The monoisotopic (exact) mass is 536 g/mol. The molecule has 1 atom stereocenters. The Bertz CT molecular complexity index is 1470. The zero-order chi connectivity index (χ0) is 28.6. The second-order valence-corrected chi connectivity index (χ2v) is 9.03. The number of nitrogens with zero attached hydrogens (tertiary/aromatic N) is 2. The Hall–Kier alpha value is -4.25. The minimum Gasteiger partial charge on any atom is -0.485 e. The molecular formula is C31H31F3N2O3. The second-order valence-electron chi connectivity index (χ2n) is 9.03. The van der Waals surface area contributed by atoms with Crippen molar-refractivity contribution in [1.29, 1.82) is 0 Å². The van der Waals surface area contributed by atoms with Crippen molar-refractivity contribution in [3.05, 3.63) is 83.0 Å². The minimum atomic E-state index is -4.53. The van der Waals surface area contributed by atoms with Crippen LogP contribution in [0.15, 0.2) is 60.7 Å². The molecule has 1 aliphatic rings. The first-order chi connectivity index (χ1) is 18.7. The van der Waals surface area contributed by atoms with Crippen molar-refractivity contribution >= 4 is 17.4 Å². The van der Waals surface area contributed by atoms with E-state index < -0.39 is 11.9 Å². The molecule has 8 heteroatoms. The Morgan fingerprint density at radius 2 is 1.87 bits per heavy atom. The van der Waals surface area contributed by atoms with E-state index in [1.165, 1.54) is 22.9 Å². The number of carbonyl (C=O) groups is 1. The molecule has 0 aliphatic carbocycles. The third kappa shape index (κ3) is 6.80. The summed E-state index contributed by atoms with van der Waals surface area (Å²) in [5, 5.41) is 10.8. The van der Waals surface area contributed by atoms with Gasteiger partial charge in [0.2, 0.25) is 0 Å². The number of terminal acetylenes is 1. The Balaban J connectivity index is 0.000000643. The van der Waals surface area contributed by atoms with E-state index in [9.17, 15) is 13.2 Å². The third-order valence-corrected chi connectivity index (χ3v) is 6.32. The molecule has 1 aliphatic heterocycles. The van der Waals surface area contributed by atoms with Crippen molar-refractivity contribution in [2.24, 2.45) is 7.05 Å². The summed E-state index contributed by atoms with van der Waals surface area (Å²) in [6, 6.07) is 19.2. The fourth-order valence-electron chi connectivity index (χ4n) is 4.78. The topological polar surface area (TPSA) is 64.4 Å². The highest BCUT2D eigenvalue weighted by Crippen LogP contribution is 2.41. The van der Waals surface area contributed by atoms with Crippen molar-refractivity contribution in [2.45, 2.75) is 51.8 Å². The zero-order valence-corrected chi connectivity index (χ0v) is 22.1. The zero-order valence-electron chi connectivity index (χ0n) is 22.1. The van der Waals surface area contributed by atoms with Gasteiger partial charge in [-0.1, -0.05) is 55.8 Å². The minimum absolute atomic E-state index is 0.128. The van der Waals surface area contributed by atoms with Crippen molar-refractivity contribution in [1.82, 2.24) is 9.78 Å². The van der Waals surface area contributed by atoms with E-state index in [2.05, 4.69) is 36.5 Å². The van der Waals surface area contributed by atoms with Gasteiger partial charge in [-0.05, 0) is 72.2 Å². The summed E-state index contributed by atoms with van der Waals surface area (Å²) in [5.74, 6) is 3.14. The number of halogens is 3. The highest BCUT2D eigenvalue weighted by molar-refractivity contribution is 5.97. The Morgan fingerprint density at radius 3 is 2.54 bits per heavy atom. The molecule has 1 unspecified atom stereocenters. The van der Waals surface area contributed by atoms with Gasteiger partial charge in [-0.3, -0.25) is 9.48 Å². The molecule has 39 heavy (non-hydrogen) atoms. The molecule has 0 saturated heterocycles. The molecule has 0 bridgehead atoms. The molecule has 1 aromatic heterocycles. The fraction of sp³-hybridized carbons (Fsp3) is 0.290. The Morgan fingerprint density at radius 1 is 1.18 bits per heavy atom. The van der Waals surface area contributed by atoms with Crippen molar-refractivity contribution < 1.29 is 27.8 Å². The van der Waals surface area contributed by atoms with Crippen LogP contribution in [0.2, 0.25) is 0 Å². The second kappa shape index (κ2) is 13.0. The van der Waals surface area contributed by atoms with Crippen molar-refractivity contribution in [3.8, 4) is 29.2 Å². The quantitative estimate of drug-likeness (QED) is 0.215. The van der Waals surface area contributed by atoms with Crippen molar-refractivity contribution in [3.63, 3.8) is 0 Å². The summed E-state index contributed by atoms with van der Waals surface area (Å²) < 4.78 is 48.8. The number of hydrogen-bond donors (Lipinski definition) is 1. The molecule has 4 aromatic rings. The van der Waals surface area contributed by atoms with Gasteiger partial charge in [0.05, 0.1) is 5.52 Å². The van der Waals surface area contributed by atoms with Crippen LogP contribution in [0.25, 0.3) is 22.0 Å². The van der Waals surface area contributed by atoms with Crippen LogP contribution in [0, 0.1) is 12.3 Å². The van der Waals surface area contributed by atoms with Gasteiger partial charge in [0.1, 0.15) is 11.9 Å². The Labute approximate surface area is 226 Å². The normalized spacial score (nSPS) is 14.0. The van der Waals surface area contributed by atoms with E-state index in [4.69, 9.17) is 14.6 Å². The predicted octanol–water partition coefficient (Wildman–Crippen LogP) is 7.62. The molecule has 3 aromatic carbocycles. The molecule has 0 spiro atoms. The Kier molecular flexibility index (Phi) is 9.78. The lowest BCUT2D eigenvalue weighted by Crippen LogP contribution is -2.15.